The molecular weight excluding hydrogens is 409 g/mol. The average Bonchev–Trinajstić information content (AvgIpc) is 2.99. The summed E-state index contributed by atoms with van der Waals surface area (Å²) in [4.78, 5) is 24.3. The van der Waals surface area contributed by atoms with Crippen molar-refractivity contribution in [1.82, 2.24) is 21.4 Å². The Labute approximate surface area is 161 Å². The molecule has 1 heterocycles. The van der Waals surface area contributed by atoms with Crippen molar-refractivity contribution < 1.29 is 32.2 Å². The highest BCUT2D eigenvalue weighted by Crippen LogP contribution is 2.38. The van der Waals surface area contributed by atoms with E-state index in [0.717, 1.165) is 12.1 Å². The number of hydrazone groups is 1. The molecule has 154 valence electrons. The Kier molecular flexibility index (Phi) is 6.88. The summed E-state index contributed by atoms with van der Waals surface area (Å²) in [6.45, 7) is 1.43. The van der Waals surface area contributed by atoms with Crippen LogP contribution in [0.15, 0.2) is 17.2 Å². The molecule has 14 heteroatoms. The van der Waals surface area contributed by atoms with Gasteiger partial charge in [-0.1, -0.05) is 11.6 Å². The van der Waals surface area contributed by atoms with Crippen LogP contribution >= 0.6 is 11.6 Å². The maximum absolute atomic E-state index is 12.6. The fourth-order valence-electron chi connectivity index (χ4n) is 1.99. The van der Waals surface area contributed by atoms with Crippen molar-refractivity contribution in [3.8, 4) is 5.75 Å². The average molecular weight is 425 g/mol. The highest BCUT2D eigenvalue weighted by Gasteiger charge is 2.33. The largest absolute Gasteiger partial charge is 0.573 e. The van der Waals surface area contributed by atoms with E-state index in [1.807, 2.05) is 0 Å². The van der Waals surface area contributed by atoms with Gasteiger partial charge in [-0.3, -0.25) is 19.9 Å². The first-order valence-electron chi connectivity index (χ1n) is 7.71. The predicted octanol–water partition coefficient (Wildman–Crippen LogP) is 1.17. The van der Waals surface area contributed by atoms with Crippen LogP contribution in [0.1, 0.15) is 17.3 Å². The predicted molar refractivity (Wildman–Crippen MR) is 92.2 cm³/mol. The molecule has 0 fully saturated rings. The molecule has 2 amide bonds. The van der Waals surface area contributed by atoms with Crippen LogP contribution in [0.25, 0.3) is 0 Å². The Morgan fingerprint density at radius 2 is 2.04 bits per heavy atom. The molecule has 0 radical (unpaired) electrons. The molecule has 0 saturated heterocycles. The number of benzene rings is 1. The summed E-state index contributed by atoms with van der Waals surface area (Å²) in [5, 5.41) is 9.17. The molecule has 0 aromatic heterocycles. The molecule has 2 rings (SSSR count). The number of hydrogen-bond donors (Lipinski definition) is 4. The van der Waals surface area contributed by atoms with Gasteiger partial charge in [0.05, 0.1) is 10.6 Å². The second-order valence-corrected chi connectivity index (χ2v) is 5.58. The molecule has 10 nitrogen and oxygen atoms in total. The zero-order chi connectivity index (χ0) is 20.9. The zero-order valence-corrected chi connectivity index (χ0v) is 15.4. The zero-order valence-electron chi connectivity index (χ0n) is 14.6. The summed E-state index contributed by atoms with van der Waals surface area (Å²) < 4.78 is 46.7. The molecule has 0 unspecified atom stereocenters. The summed E-state index contributed by atoms with van der Waals surface area (Å²) in [7, 11) is 1.54. The van der Waals surface area contributed by atoms with Gasteiger partial charge in [0.25, 0.3) is 11.8 Å². The Morgan fingerprint density at radius 1 is 1.32 bits per heavy atom. The van der Waals surface area contributed by atoms with Crippen molar-refractivity contribution in [2.24, 2.45) is 5.10 Å². The second kappa shape index (κ2) is 8.95. The lowest BCUT2D eigenvalue weighted by molar-refractivity contribution is -0.274. The third kappa shape index (κ3) is 5.61. The first kappa shape index (κ1) is 21.5. The number of halogens is 4. The lowest BCUT2D eigenvalue weighted by Gasteiger charge is -2.18. The number of rotatable bonds is 6. The Balaban J connectivity index is 2.33. The fraction of sp³-hybridized carbons (Fsp3) is 0.357. The number of amides is 2. The van der Waals surface area contributed by atoms with Crippen molar-refractivity contribution >= 4 is 35.1 Å². The monoisotopic (exact) mass is 424 g/mol. The van der Waals surface area contributed by atoms with Crippen LogP contribution in [0.3, 0.4) is 0 Å². The summed E-state index contributed by atoms with van der Waals surface area (Å²) in [6.07, 6.45) is -5.04. The second-order valence-electron chi connectivity index (χ2n) is 5.21. The lowest BCUT2D eigenvalue weighted by atomic mass is 10.1. The molecule has 0 atom stereocenters. The molecule has 0 spiro atoms. The number of nitrogens with one attached hydrogen (secondary N) is 4. The number of anilines is 1. The van der Waals surface area contributed by atoms with Gasteiger partial charge in [-0.2, -0.15) is 0 Å². The molecule has 1 aromatic carbocycles. The molecule has 4 N–H and O–H groups in total. The van der Waals surface area contributed by atoms with Crippen LogP contribution in [0.5, 0.6) is 5.75 Å². The number of ether oxygens (including phenoxy) is 2. The quantitative estimate of drug-likeness (QED) is 0.541. The Morgan fingerprint density at radius 3 is 2.61 bits per heavy atom. The Bertz CT molecular complexity index is 789. The highest BCUT2D eigenvalue weighted by molar-refractivity contribution is 6.37. The van der Waals surface area contributed by atoms with Gasteiger partial charge in [0.1, 0.15) is 12.3 Å². The molecule has 1 aliphatic heterocycles. The number of nitrogens with zero attached hydrogens (tertiary/aromatic N) is 2. The van der Waals surface area contributed by atoms with E-state index >= 15 is 0 Å². The normalized spacial score (nSPS) is 13.6. The topological polar surface area (TPSA) is 116 Å². The van der Waals surface area contributed by atoms with Crippen molar-refractivity contribution in [2.75, 3.05) is 25.6 Å². The number of carbonyl (C=O) groups is 2. The van der Waals surface area contributed by atoms with Gasteiger partial charge in [-0.05, 0) is 19.1 Å². The van der Waals surface area contributed by atoms with Crippen molar-refractivity contribution in [3.63, 3.8) is 0 Å². The summed E-state index contributed by atoms with van der Waals surface area (Å²) in [5.41, 5.74) is 4.20. The molecule has 0 saturated carbocycles. The maximum Gasteiger partial charge on any atom is 0.573 e. The van der Waals surface area contributed by atoms with Crippen molar-refractivity contribution in [3.05, 3.63) is 22.7 Å². The van der Waals surface area contributed by atoms with Gasteiger partial charge in [0.2, 0.25) is 5.96 Å². The molecule has 1 aromatic rings. The van der Waals surface area contributed by atoms with Gasteiger partial charge in [0, 0.05) is 13.7 Å². The van der Waals surface area contributed by atoms with E-state index in [2.05, 4.69) is 31.5 Å². The SMILES string of the molecule is CCOCC(=O)Nc1c(OC(F)(F)F)ccc(C(=O)NC2=NNNN2C)c1Cl. The first-order valence-corrected chi connectivity index (χ1v) is 8.09. The molecule has 1 aliphatic rings. The van der Waals surface area contributed by atoms with E-state index < -0.39 is 41.2 Å². The minimum absolute atomic E-state index is 0.0821. The van der Waals surface area contributed by atoms with E-state index in [9.17, 15) is 22.8 Å². The van der Waals surface area contributed by atoms with Crippen LogP contribution in [0, 0.1) is 0 Å². The number of alkyl halides is 3. The summed E-state index contributed by atoms with van der Waals surface area (Å²) in [5.74, 6) is -2.25. The van der Waals surface area contributed by atoms with Gasteiger partial charge in [-0.15, -0.1) is 23.8 Å². The van der Waals surface area contributed by atoms with Gasteiger partial charge in [-0.25, -0.2) is 5.53 Å². The maximum atomic E-state index is 12.6. The first-order chi connectivity index (χ1) is 13.1. The molecular formula is C14H16ClF3N6O4. The van der Waals surface area contributed by atoms with Crippen LogP contribution in [0.2, 0.25) is 5.02 Å². The van der Waals surface area contributed by atoms with E-state index in [1.165, 1.54) is 5.01 Å². The third-order valence-electron chi connectivity index (χ3n) is 3.20. The van der Waals surface area contributed by atoms with E-state index in [0.29, 0.717) is 0 Å². The van der Waals surface area contributed by atoms with E-state index in [4.69, 9.17) is 16.3 Å². The number of hydrogen-bond acceptors (Lipinski definition) is 8. The van der Waals surface area contributed by atoms with Gasteiger partial charge in [0.15, 0.2) is 5.75 Å². The standard InChI is InChI=1S/C14H16ClF3N6O4/c1-3-27-6-9(25)19-11-8(28-14(16,17)18)5-4-7(10(11)15)12(26)20-13-21-22-23-24(13)2/h4-5,22-23H,3,6H2,1-2H3,(H,19,25)(H,20,21,26). The van der Waals surface area contributed by atoms with Crippen molar-refractivity contribution in [1.29, 1.82) is 0 Å². The van der Waals surface area contributed by atoms with Crippen LogP contribution in [0.4, 0.5) is 18.9 Å². The van der Waals surface area contributed by atoms with Gasteiger partial charge < -0.3 is 14.8 Å². The number of hydrazine groups is 2. The number of carbonyl (C=O) groups excluding carboxylic acids is 2. The number of guanidine groups is 1. The van der Waals surface area contributed by atoms with E-state index in [-0.39, 0.29) is 18.1 Å². The molecule has 0 aliphatic carbocycles. The molecule has 0 bridgehead atoms. The fourth-order valence-corrected chi connectivity index (χ4v) is 2.28. The molecule has 28 heavy (non-hydrogen) atoms. The van der Waals surface area contributed by atoms with Crippen LogP contribution in [-0.2, 0) is 9.53 Å². The summed E-state index contributed by atoms with van der Waals surface area (Å²) >= 11 is 6.09. The minimum Gasteiger partial charge on any atom is -0.404 e. The van der Waals surface area contributed by atoms with Gasteiger partial charge >= 0.3 is 6.36 Å². The van der Waals surface area contributed by atoms with Crippen LogP contribution in [-0.4, -0.2) is 49.4 Å². The van der Waals surface area contributed by atoms with E-state index in [1.54, 1.807) is 14.0 Å². The summed E-state index contributed by atoms with van der Waals surface area (Å²) in [6, 6.07) is 1.88. The highest BCUT2D eigenvalue weighted by atomic mass is 35.5. The smallest absolute Gasteiger partial charge is 0.404 e. The van der Waals surface area contributed by atoms with Crippen molar-refractivity contribution in [2.45, 2.75) is 13.3 Å². The van der Waals surface area contributed by atoms with Crippen LogP contribution < -0.4 is 26.4 Å². The third-order valence-corrected chi connectivity index (χ3v) is 3.59. The lowest BCUT2D eigenvalue weighted by Crippen LogP contribution is -2.45. The Hall–Kier alpha value is -2.77. The minimum atomic E-state index is -5.04.